The first-order chi connectivity index (χ1) is 8.63. The van der Waals surface area contributed by atoms with Gasteiger partial charge in [-0.05, 0) is 43.5 Å². The smallest absolute Gasteiger partial charge is 0.162 e. The highest BCUT2D eigenvalue weighted by molar-refractivity contribution is 5.96. The summed E-state index contributed by atoms with van der Waals surface area (Å²) >= 11 is 0. The van der Waals surface area contributed by atoms with Gasteiger partial charge in [0.05, 0.1) is 7.11 Å². The lowest BCUT2D eigenvalue weighted by Gasteiger charge is -2.03. The van der Waals surface area contributed by atoms with Crippen molar-refractivity contribution in [1.29, 1.82) is 0 Å². The van der Waals surface area contributed by atoms with E-state index in [1.807, 2.05) is 24.3 Å². The van der Waals surface area contributed by atoms with Crippen molar-refractivity contribution in [2.45, 2.75) is 32.1 Å². The first-order valence-corrected chi connectivity index (χ1v) is 6.24. The van der Waals surface area contributed by atoms with Crippen molar-refractivity contribution in [3.8, 4) is 5.75 Å². The lowest BCUT2D eigenvalue weighted by molar-refractivity contribution is 0.0979. The lowest BCUT2D eigenvalue weighted by Crippen LogP contribution is -1.99. The molecule has 0 aliphatic rings. The molecule has 2 N–H and O–H groups in total. The Balaban J connectivity index is 2.29. The fourth-order valence-electron chi connectivity index (χ4n) is 1.74. The van der Waals surface area contributed by atoms with Gasteiger partial charge in [0, 0.05) is 17.7 Å². The standard InChI is InChI=1S/C15H21NO2/c1-12(16)6-4-3-5-7-15(17)13-8-10-14(18-2)11-9-13/h8-11H,1,3-7,16H2,2H3. The van der Waals surface area contributed by atoms with Crippen LogP contribution in [0.4, 0.5) is 0 Å². The fourth-order valence-corrected chi connectivity index (χ4v) is 1.74. The molecule has 0 unspecified atom stereocenters. The molecule has 1 rings (SSSR count). The van der Waals surface area contributed by atoms with Gasteiger partial charge in [-0.1, -0.05) is 13.0 Å². The van der Waals surface area contributed by atoms with E-state index in [2.05, 4.69) is 6.58 Å². The Hall–Kier alpha value is -1.77. The van der Waals surface area contributed by atoms with Crippen molar-refractivity contribution in [2.24, 2.45) is 5.73 Å². The van der Waals surface area contributed by atoms with Gasteiger partial charge in [0.2, 0.25) is 0 Å². The summed E-state index contributed by atoms with van der Waals surface area (Å²) in [5.41, 5.74) is 6.95. The molecule has 0 heterocycles. The molecule has 1 aromatic rings. The van der Waals surface area contributed by atoms with Crippen LogP contribution in [0.3, 0.4) is 0 Å². The summed E-state index contributed by atoms with van der Waals surface area (Å²) in [6.07, 6.45) is 4.35. The van der Waals surface area contributed by atoms with Crippen LogP contribution in [0, 0.1) is 0 Å². The second-order valence-corrected chi connectivity index (χ2v) is 4.37. The number of unbranched alkanes of at least 4 members (excludes halogenated alkanes) is 2. The van der Waals surface area contributed by atoms with E-state index in [1.165, 1.54) is 0 Å². The van der Waals surface area contributed by atoms with E-state index in [1.54, 1.807) is 7.11 Å². The van der Waals surface area contributed by atoms with Crippen molar-refractivity contribution >= 4 is 5.78 Å². The number of ether oxygens (including phenoxy) is 1. The molecule has 0 fully saturated rings. The molecule has 0 atom stereocenters. The molecular formula is C15H21NO2. The quantitative estimate of drug-likeness (QED) is 0.566. The van der Waals surface area contributed by atoms with E-state index in [-0.39, 0.29) is 5.78 Å². The number of rotatable bonds is 8. The first-order valence-electron chi connectivity index (χ1n) is 6.24. The third-order valence-electron chi connectivity index (χ3n) is 2.81. The van der Waals surface area contributed by atoms with Crippen LogP contribution >= 0.6 is 0 Å². The topological polar surface area (TPSA) is 52.3 Å². The van der Waals surface area contributed by atoms with Gasteiger partial charge in [-0.3, -0.25) is 4.79 Å². The Bertz CT molecular complexity index is 395. The van der Waals surface area contributed by atoms with Gasteiger partial charge >= 0.3 is 0 Å². The molecule has 98 valence electrons. The maximum Gasteiger partial charge on any atom is 0.162 e. The highest BCUT2D eigenvalue weighted by Crippen LogP contribution is 2.14. The molecule has 3 heteroatoms. The summed E-state index contributed by atoms with van der Waals surface area (Å²) in [5.74, 6) is 0.956. The van der Waals surface area contributed by atoms with Gasteiger partial charge in [-0.15, -0.1) is 0 Å². The molecule has 3 nitrogen and oxygen atoms in total. The fraction of sp³-hybridized carbons (Fsp3) is 0.400. The summed E-state index contributed by atoms with van der Waals surface area (Å²) < 4.78 is 5.05. The molecular weight excluding hydrogens is 226 g/mol. The molecule has 0 aliphatic heterocycles. The Morgan fingerprint density at radius 2 is 1.78 bits per heavy atom. The first kappa shape index (κ1) is 14.3. The number of methoxy groups -OCH3 is 1. The zero-order chi connectivity index (χ0) is 13.4. The van der Waals surface area contributed by atoms with E-state index >= 15 is 0 Å². The molecule has 0 aromatic heterocycles. The molecule has 0 radical (unpaired) electrons. The number of benzene rings is 1. The summed E-state index contributed by atoms with van der Waals surface area (Å²) in [5, 5.41) is 0. The third kappa shape index (κ3) is 5.04. The summed E-state index contributed by atoms with van der Waals surface area (Å²) in [7, 11) is 1.61. The van der Waals surface area contributed by atoms with Gasteiger partial charge in [-0.2, -0.15) is 0 Å². The number of nitrogens with two attached hydrogens (primary N) is 1. The Kier molecular flexibility index (Phi) is 5.98. The van der Waals surface area contributed by atoms with E-state index in [0.717, 1.165) is 42.7 Å². The molecule has 0 saturated carbocycles. The Labute approximate surface area is 109 Å². The average Bonchev–Trinajstić information content (AvgIpc) is 2.38. The predicted octanol–water partition coefficient (Wildman–Crippen LogP) is 3.30. The minimum atomic E-state index is 0.184. The van der Waals surface area contributed by atoms with Gasteiger partial charge < -0.3 is 10.5 Å². The third-order valence-corrected chi connectivity index (χ3v) is 2.81. The van der Waals surface area contributed by atoms with Crippen molar-refractivity contribution in [2.75, 3.05) is 7.11 Å². The van der Waals surface area contributed by atoms with Gasteiger partial charge in [0.15, 0.2) is 5.78 Å². The number of allylic oxidation sites excluding steroid dienone is 1. The number of carbonyl (C=O) groups excluding carboxylic acids is 1. The average molecular weight is 247 g/mol. The summed E-state index contributed by atoms with van der Waals surface area (Å²) in [6, 6.07) is 7.24. The largest absolute Gasteiger partial charge is 0.497 e. The van der Waals surface area contributed by atoms with Crippen molar-refractivity contribution in [1.82, 2.24) is 0 Å². The minimum absolute atomic E-state index is 0.184. The Morgan fingerprint density at radius 1 is 1.17 bits per heavy atom. The van der Waals surface area contributed by atoms with Gasteiger partial charge in [-0.25, -0.2) is 0 Å². The van der Waals surface area contributed by atoms with Crippen LogP contribution in [-0.4, -0.2) is 12.9 Å². The maximum atomic E-state index is 11.9. The van der Waals surface area contributed by atoms with Crippen LogP contribution in [0.25, 0.3) is 0 Å². The zero-order valence-electron chi connectivity index (χ0n) is 10.9. The zero-order valence-corrected chi connectivity index (χ0v) is 10.9. The second kappa shape index (κ2) is 7.54. The van der Waals surface area contributed by atoms with Crippen LogP contribution in [0.2, 0.25) is 0 Å². The van der Waals surface area contributed by atoms with E-state index in [0.29, 0.717) is 6.42 Å². The molecule has 0 bridgehead atoms. The SMILES string of the molecule is C=C(N)CCCCCC(=O)c1ccc(OC)cc1. The van der Waals surface area contributed by atoms with E-state index in [9.17, 15) is 4.79 Å². The van der Waals surface area contributed by atoms with Crippen molar-refractivity contribution < 1.29 is 9.53 Å². The predicted molar refractivity (Wildman–Crippen MR) is 73.7 cm³/mol. The lowest BCUT2D eigenvalue weighted by atomic mass is 10.0. The highest BCUT2D eigenvalue weighted by atomic mass is 16.5. The van der Waals surface area contributed by atoms with Gasteiger partial charge in [0.25, 0.3) is 0 Å². The number of hydrogen-bond acceptors (Lipinski definition) is 3. The normalized spacial score (nSPS) is 10.1. The molecule has 1 aromatic carbocycles. The van der Waals surface area contributed by atoms with Crippen LogP contribution in [0.15, 0.2) is 36.5 Å². The Morgan fingerprint density at radius 3 is 2.33 bits per heavy atom. The van der Waals surface area contributed by atoms with E-state index < -0.39 is 0 Å². The molecule has 0 spiro atoms. The summed E-state index contributed by atoms with van der Waals surface area (Å²) in [6.45, 7) is 3.65. The molecule has 0 aliphatic carbocycles. The number of hydrogen-bond donors (Lipinski definition) is 1. The minimum Gasteiger partial charge on any atom is -0.497 e. The molecule has 18 heavy (non-hydrogen) atoms. The number of carbonyl (C=O) groups is 1. The van der Waals surface area contributed by atoms with Crippen LogP contribution in [0.5, 0.6) is 5.75 Å². The van der Waals surface area contributed by atoms with Crippen LogP contribution in [-0.2, 0) is 0 Å². The highest BCUT2D eigenvalue weighted by Gasteiger charge is 2.05. The monoisotopic (exact) mass is 247 g/mol. The van der Waals surface area contributed by atoms with E-state index in [4.69, 9.17) is 10.5 Å². The molecule has 0 saturated heterocycles. The van der Waals surface area contributed by atoms with Crippen LogP contribution in [0.1, 0.15) is 42.5 Å². The number of Topliss-reactive ketones (excluding diaryl/α,β-unsaturated/α-hetero) is 1. The number of ketones is 1. The summed E-state index contributed by atoms with van der Waals surface area (Å²) in [4.78, 5) is 11.9. The van der Waals surface area contributed by atoms with Crippen molar-refractivity contribution in [3.05, 3.63) is 42.1 Å². The van der Waals surface area contributed by atoms with Gasteiger partial charge in [0.1, 0.15) is 5.75 Å². The van der Waals surface area contributed by atoms with Crippen LogP contribution < -0.4 is 10.5 Å². The maximum absolute atomic E-state index is 11.9. The second-order valence-electron chi connectivity index (χ2n) is 4.37. The molecule has 0 amide bonds. The van der Waals surface area contributed by atoms with Crippen molar-refractivity contribution in [3.63, 3.8) is 0 Å².